The van der Waals surface area contributed by atoms with Crippen LogP contribution in [0.2, 0.25) is 0 Å². The molecule has 2 fully saturated rings. The second kappa shape index (κ2) is 4.29. The van der Waals surface area contributed by atoms with Crippen molar-refractivity contribution < 1.29 is 17.9 Å². The van der Waals surface area contributed by atoms with Gasteiger partial charge >= 0.3 is 6.18 Å². The maximum atomic E-state index is 12.2. The molecule has 0 radical (unpaired) electrons. The Bertz CT molecular complexity index is 213. The Morgan fingerprint density at radius 2 is 1.87 bits per heavy atom. The van der Waals surface area contributed by atoms with Crippen molar-refractivity contribution in [3.05, 3.63) is 0 Å². The predicted molar refractivity (Wildman–Crippen MR) is 49.5 cm³/mol. The van der Waals surface area contributed by atoms with E-state index in [1.807, 2.05) is 0 Å². The fraction of sp³-hybridized carbons (Fsp3) is 1.00. The zero-order valence-electron chi connectivity index (χ0n) is 8.52. The van der Waals surface area contributed by atoms with Crippen LogP contribution in [-0.2, 0) is 4.74 Å². The number of rotatable bonds is 3. The van der Waals surface area contributed by atoms with Crippen molar-refractivity contribution >= 4 is 0 Å². The zero-order chi connectivity index (χ0) is 10.9. The van der Waals surface area contributed by atoms with Crippen LogP contribution in [0.3, 0.4) is 0 Å². The first kappa shape index (κ1) is 11.2. The van der Waals surface area contributed by atoms with Crippen LogP contribution >= 0.6 is 0 Å². The average Bonchev–Trinajstić information content (AvgIpc) is 2.95. The van der Waals surface area contributed by atoms with E-state index in [1.165, 1.54) is 0 Å². The second-order valence-corrected chi connectivity index (χ2v) is 4.43. The number of hydrogen-bond acceptors (Lipinski definition) is 2. The van der Waals surface area contributed by atoms with E-state index < -0.39 is 12.1 Å². The molecule has 2 rings (SSSR count). The third-order valence-electron chi connectivity index (χ3n) is 3.18. The van der Waals surface area contributed by atoms with Crippen LogP contribution in [0.25, 0.3) is 0 Å². The molecule has 2 atom stereocenters. The van der Waals surface area contributed by atoms with E-state index in [4.69, 9.17) is 4.74 Å². The van der Waals surface area contributed by atoms with Gasteiger partial charge in [0.2, 0.25) is 0 Å². The highest BCUT2D eigenvalue weighted by molar-refractivity contribution is 4.91. The molecule has 1 aliphatic carbocycles. The normalized spacial score (nSPS) is 33.0. The summed E-state index contributed by atoms with van der Waals surface area (Å²) < 4.78 is 42.1. The van der Waals surface area contributed by atoms with Crippen LogP contribution < -0.4 is 5.32 Å². The Morgan fingerprint density at radius 3 is 2.40 bits per heavy atom. The van der Waals surface area contributed by atoms with Gasteiger partial charge in [0.1, 0.15) is 0 Å². The summed E-state index contributed by atoms with van der Waals surface area (Å²) in [5, 5.41) is 3.19. The maximum absolute atomic E-state index is 12.2. The lowest BCUT2D eigenvalue weighted by Crippen LogP contribution is -2.33. The lowest BCUT2D eigenvalue weighted by Gasteiger charge is -2.23. The fourth-order valence-corrected chi connectivity index (χ4v) is 2.05. The second-order valence-electron chi connectivity index (χ2n) is 4.43. The highest BCUT2D eigenvalue weighted by Gasteiger charge is 2.55. The topological polar surface area (TPSA) is 21.3 Å². The SMILES string of the molecule is FC(F)(F)C1CC1COC1CCNCC1. The van der Waals surface area contributed by atoms with E-state index in [2.05, 4.69) is 5.32 Å². The zero-order valence-corrected chi connectivity index (χ0v) is 8.52. The lowest BCUT2D eigenvalue weighted by molar-refractivity contribution is -0.153. The molecule has 1 aliphatic heterocycles. The summed E-state index contributed by atoms with van der Waals surface area (Å²) in [6.07, 6.45) is -1.75. The van der Waals surface area contributed by atoms with Crippen LogP contribution in [-0.4, -0.2) is 32.0 Å². The molecular weight excluding hydrogens is 207 g/mol. The van der Waals surface area contributed by atoms with E-state index in [0.29, 0.717) is 0 Å². The predicted octanol–water partition coefficient (Wildman–Crippen LogP) is 1.95. The summed E-state index contributed by atoms with van der Waals surface area (Å²) in [6.45, 7) is 2.12. The molecule has 1 saturated carbocycles. The molecule has 0 aromatic carbocycles. The van der Waals surface area contributed by atoms with E-state index >= 15 is 0 Å². The van der Waals surface area contributed by atoms with Crippen molar-refractivity contribution in [3.8, 4) is 0 Å². The first-order chi connectivity index (χ1) is 7.07. The summed E-state index contributed by atoms with van der Waals surface area (Å²) in [4.78, 5) is 0. The van der Waals surface area contributed by atoms with Crippen molar-refractivity contribution in [2.75, 3.05) is 19.7 Å². The Hall–Kier alpha value is -0.290. The quantitative estimate of drug-likeness (QED) is 0.789. The Kier molecular flexibility index (Phi) is 3.21. The third kappa shape index (κ3) is 3.08. The minimum atomic E-state index is -4.01. The van der Waals surface area contributed by atoms with Gasteiger partial charge in [-0.2, -0.15) is 13.2 Å². The number of piperidine rings is 1. The summed E-state index contributed by atoms with van der Waals surface area (Å²) in [5.74, 6) is -1.38. The van der Waals surface area contributed by atoms with Crippen molar-refractivity contribution in [1.29, 1.82) is 0 Å². The van der Waals surface area contributed by atoms with Gasteiger partial charge in [-0.05, 0) is 38.3 Å². The van der Waals surface area contributed by atoms with Gasteiger partial charge in [-0.1, -0.05) is 0 Å². The van der Waals surface area contributed by atoms with Crippen molar-refractivity contribution in [2.24, 2.45) is 11.8 Å². The molecule has 2 unspecified atom stereocenters. The highest BCUT2D eigenvalue weighted by atomic mass is 19.4. The average molecular weight is 223 g/mol. The molecule has 0 amide bonds. The molecule has 88 valence electrons. The summed E-state index contributed by atoms with van der Waals surface area (Å²) in [6, 6.07) is 0. The molecule has 15 heavy (non-hydrogen) atoms. The smallest absolute Gasteiger partial charge is 0.378 e. The first-order valence-electron chi connectivity index (χ1n) is 5.46. The van der Waals surface area contributed by atoms with E-state index in [-0.39, 0.29) is 25.0 Å². The van der Waals surface area contributed by atoms with Gasteiger partial charge in [0.25, 0.3) is 0 Å². The van der Waals surface area contributed by atoms with Gasteiger partial charge in [0, 0.05) is 0 Å². The van der Waals surface area contributed by atoms with E-state index in [9.17, 15) is 13.2 Å². The van der Waals surface area contributed by atoms with Crippen LogP contribution in [0.5, 0.6) is 0 Å². The summed E-state index contributed by atoms with van der Waals surface area (Å²) >= 11 is 0. The molecule has 1 saturated heterocycles. The highest BCUT2D eigenvalue weighted by Crippen LogP contribution is 2.50. The van der Waals surface area contributed by atoms with E-state index in [1.54, 1.807) is 0 Å². The van der Waals surface area contributed by atoms with Gasteiger partial charge in [-0.15, -0.1) is 0 Å². The van der Waals surface area contributed by atoms with Crippen molar-refractivity contribution in [2.45, 2.75) is 31.5 Å². The molecule has 0 aromatic rings. The monoisotopic (exact) mass is 223 g/mol. The molecule has 5 heteroatoms. The van der Waals surface area contributed by atoms with Gasteiger partial charge in [0.05, 0.1) is 18.6 Å². The standard InChI is InChI=1S/C10H16F3NO/c11-10(12,13)9-5-7(9)6-15-8-1-3-14-4-2-8/h7-9,14H,1-6H2. The van der Waals surface area contributed by atoms with Crippen molar-refractivity contribution in [3.63, 3.8) is 0 Å². The van der Waals surface area contributed by atoms with Gasteiger partial charge in [-0.3, -0.25) is 0 Å². The lowest BCUT2D eigenvalue weighted by atomic mass is 10.1. The van der Waals surface area contributed by atoms with Gasteiger partial charge < -0.3 is 10.1 Å². The molecular formula is C10H16F3NO. The first-order valence-corrected chi connectivity index (χ1v) is 5.46. The Labute approximate surface area is 87.2 Å². The van der Waals surface area contributed by atoms with Crippen LogP contribution in [0.4, 0.5) is 13.2 Å². The van der Waals surface area contributed by atoms with Gasteiger partial charge in [0.15, 0.2) is 0 Å². The number of hydrogen-bond donors (Lipinski definition) is 1. The summed E-state index contributed by atoms with van der Waals surface area (Å²) in [7, 11) is 0. The molecule has 2 aliphatic rings. The number of halogens is 3. The summed E-state index contributed by atoms with van der Waals surface area (Å²) in [5.41, 5.74) is 0. The van der Waals surface area contributed by atoms with Crippen LogP contribution in [0.1, 0.15) is 19.3 Å². The molecule has 0 bridgehead atoms. The fourth-order valence-electron chi connectivity index (χ4n) is 2.05. The minimum Gasteiger partial charge on any atom is -0.378 e. The molecule has 0 spiro atoms. The number of nitrogens with one attached hydrogen (secondary N) is 1. The molecule has 0 aromatic heterocycles. The molecule has 1 heterocycles. The van der Waals surface area contributed by atoms with Crippen molar-refractivity contribution in [1.82, 2.24) is 5.32 Å². The van der Waals surface area contributed by atoms with Gasteiger partial charge in [-0.25, -0.2) is 0 Å². The van der Waals surface area contributed by atoms with Crippen LogP contribution in [0.15, 0.2) is 0 Å². The minimum absolute atomic E-state index is 0.167. The maximum Gasteiger partial charge on any atom is 0.392 e. The number of alkyl halides is 3. The largest absolute Gasteiger partial charge is 0.392 e. The Morgan fingerprint density at radius 1 is 1.20 bits per heavy atom. The van der Waals surface area contributed by atoms with Crippen LogP contribution in [0, 0.1) is 11.8 Å². The third-order valence-corrected chi connectivity index (χ3v) is 3.18. The Balaban J connectivity index is 1.63. The number of ether oxygens (including phenoxy) is 1. The molecule has 2 nitrogen and oxygen atoms in total. The molecule has 1 N–H and O–H groups in total. The van der Waals surface area contributed by atoms with E-state index in [0.717, 1.165) is 25.9 Å².